The second-order valence-electron chi connectivity index (χ2n) is 8.31. The monoisotopic (exact) mass is 439 g/mol. The smallest absolute Gasteiger partial charge is 0.254 e. The fourth-order valence-electron chi connectivity index (χ4n) is 4.35. The zero-order chi connectivity index (χ0) is 22.6. The molecule has 166 valence electrons. The summed E-state index contributed by atoms with van der Waals surface area (Å²) >= 11 is 0. The summed E-state index contributed by atoms with van der Waals surface area (Å²) < 4.78 is 1.69. The van der Waals surface area contributed by atoms with Crippen LogP contribution in [0.1, 0.15) is 28.8 Å². The summed E-state index contributed by atoms with van der Waals surface area (Å²) in [5.41, 5.74) is 1.61. The number of nitrogens with one attached hydrogen (secondary N) is 1. The van der Waals surface area contributed by atoms with E-state index >= 15 is 0 Å². The average Bonchev–Trinajstić information content (AvgIpc) is 3.42. The summed E-state index contributed by atoms with van der Waals surface area (Å²) in [6, 6.07) is 19.3. The van der Waals surface area contributed by atoms with Crippen LogP contribution < -0.4 is 5.32 Å². The normalized spacial score (nSPS) is 16.0. The maximum absolute atomic E-state index is 13.3. The topological polar surface area (TPSA) is 80.1 Å². The molecule has 1 aliphatic rings. The van der Waals surface area contributed by atoms with Crippen LogP contribution in [-0.4, -0.2) is 44.6 Å². The van der Waals surface area contributed by atoms with Crippen molar-refractivity contribution in [2.45, 2.75) is 19.4 Å². The molecule has 0 radical (unpaired) electrons. The van der Waals surface area contributed by atoms with Crippen LogP contribution in [0.2, 0.25) is 0 Å². The summed E-state index contributed by atoms with van der Waals surface area (Å²) in [6.07, 6.45) is 6.87. The molecular formula is C26H25N5O2. The lowest BCUT2D eigenvalue weighted by molar-refractivity contribution is -0.126. The molecule has 5 rings (SSSR count). The van der Waals surface area contributed by atoms with E-state index in [0.29, 0.717) is 25.2 Å². The molecule has 1 N–H and O–H groups in total. The van der Waals surface area contributed by atoms with Crippen molar-refractivity contribution in [2.75, 3.05) is 13.1 Å². The maximum atomic E-state index is 13.3. The number of carbonyl (C=O) groups is 2. The number of fused-ring (bicyclic) bond motifs is 1. The number of hydrogen-bond donors (Lipinski definition) is 1. The minimum Gasteiger partial charge on any atom is -0.352 e. The number of amides is 2. The first-order valence-corrected chi connectivity index (χ1v) is 11.2. The standard InChI is InChI=1S/C26H25N5O2/c32-25(28-17-19-11-12-24(27-16-19)31-15-5-13-29-31)21-8-4-14-30(18-21)26(33)23-10-3-7-20-6-1-2-9-22(20)23/h1-3,5-7,9-13,15-16,21H,4,8,14,17-18H2,(H,28,32). The van der Waals surface area contributed by atoms with Crippen LogP contribution >= 0.6 is 0 Å². The highest BCUT2D eigenvalue weighted by Gasteiger charge is 2.29. The Labute approximate surface area is 192 Å². The third-order valence-electron chi connectivity index (χ3n) is 6.11. The molecule has 0 spiro atoms. The van der Waals surface area contributed by atoms with Gasteiger partial charge in [-0.1, -0.05) is 42.5 Å². The number of nitrogens with zero attached hydrogens (tertiary/aromatic N) is 4. The molecule has 7 nitrogen and oxygen atoms in total. The third kappa shape index (κ3) is 4.48. The second kappa shape index (κ2) is 9.24. The van der Waals surface area contributed by atoms with Gasteiger partial charge in [-0.2, -0.15) is 5.10 Å². The van der Waals surface area contributed by atoms with Gasteiger partial charge >= 0.3 is 0 Å². The SMILES string of the molecule is O=C(NCc1ccc(-n2cccn2)nc1)C1CCCN(C(=O)c2cccc3ccccc23)C1. The van der Waals surface area contributed by atoms with Crippen molar-refractivity contribution >= 4 is 22.6 Å². The Hall–Kier alpha value is -4.00. The van der Waals surface area contributed by atoms with Gasteiger partial charge in [-0.05, 0) is 47.4 Å². The molecular weight excluding hydrogens is 414 g/mol. The molecule has 2 aromatic heterocycles. The predicted octanol–water partition coefficient (Wildman–Crippen LogP) is 3.59. The van der Waals surface area contributed by atoms with Gasteiger partial charge in [-0.3, -0.25) is 9.59 Å². The van der Waals surface area contributed by atoms with Gasteiger partial charge in [0.25, 0.3) is 5.91 Å². The van der Waals surface area contributed by atoms with Crippen molar-refractivity contribution in [1.82, 2.24) is 25.0 Å². The van der Waals surface area contributed by atoms with Gasteiger partial charge in [-0.15, -0.1) is 0 Å². The Kier molecular flexibility index (Phi) is 5.85. The summed E-state index contributed by atoms with van der Waals surface area (Å²) in [6.45, 7) is 1.51. The van der Waals surface area contributed by atoms with E-state index in [2.05, 4.69) is 15.4 Å². The summed E-state index contributed by atoms with van der Waals surface area (Å²) in [7, 11) is 0. The van der Waals surface area contributed by atoms with Gasteiger partial charge in [0.2, 0.25) is 5.91 Å². The fourth-order valence-corrected chi connectivity index (χ4v) is 4.35. The zero-order valence-corrected chi connectivity index (χ0v) is 18.2. The average molecular weight is 440 g/mol. The van der Waals surface area contributed by atoms with Gasteiger partial charge in [0, 0.05) is 43.8 Å². The van der Waals surface area contributed by atoms with Crippen molar-refractivity contribution in [1.29, 1.82) is 0 Å². The van der Waals surface area contributed by atoms with Crippen LogP contribution in [0.5, 0.6) is 0 Å². The molecule has 2 aromatic carbocycles. The van der Waals surface area contributed by atoms with E-state index in [1.165, 1.54) is 0 Å². The lowest BCUT2D eigenvalue weighted by Crippen LogP contribution is -2.45. The minimum atomic E-state index is -0.214. The molecule has 1 atom stereocenters. The van der Waals surface area contributed by atoms with Crippen LogP contribution in [0.3, 0.4) is 0 Å². The number of hydrogen-bond acceptors (Lipinski definition) is 4. The van der Waals surface area contributed by atoms with Crippen LogP contribution in [0.4, 0.5) is 0 Å². The molecule has 1 aliphatic heterocycles. The molecule has 0 aliphatic carbocycles. The number of benzene rings is 2. The van der Waals surface area contributed by atoms with Crippen LogP contribution in [0.25, 0.3) is 16.6 Å². The van der Waals surface area contributed by atoms with Crippen molar-refractivity contribution in [3.63, 3.8) is 0 Å². The van der Waals surface area contributed by atoms with Gasteiger partial charge in [0.15, 0.2) is 5.82 Å². The molecule has 0 bridgehead atoms. The number of aromatic nitrogens is 3. The summed E-state index contributed by atoms with van der Waals surface area (Å²) in [4.78, 5) is 32.3. The first-order valence-electron chi connectivity index (χ1n) is 11.2. The lowest BCUT2D eigenvalue weighted by Gasteiger charge is -2.32. The number of carbonyl (C=O) groups excluding carboxylic acids is 2. The van der Waals surface area contributed by atoms with E-state index in [4.69, 9.17) is 0 Å². The quantitative estimate of drug-likeness (QED) is 0.515. The first kappa shape index (κ1) is 20.9. The molecule has 1 fully saturated rings. The zero-order valence-electron chi connectivity index (χ0n) is 18.2. The highest BCUT2D eigenvalue weighted by atomic mass is 16.2. The fraction of sp³-hybridized carbons (Fsp3) is 0.231. The van der Waals surface area contributed by atoms with E-state index in [1.54, 1.807) is 17.1 Å². The molecule has 2 amide bonds. The van der Waals surface area contributed by atoms with Crippen LogP contribution in [0, 0.1) is 5.92 Å². The lowest BCUT2D eigenvalue weighted by atomic mass is 9.95. The number of rotatable bonds is 5. The number of likely N-dealkylation sites (tertiary alicyclic amines) is 1. The Morgan fingerprint density at radius 2 is 1.91 bits per heavy atom. The van der Waals surface area contributed by atoms with Crippen LogP contribution in [-0.2, 0) is 11.3 Å². The number of pyridine rings is 1. The Bertz CT molecular complexity index is 1260. The van der Waals surface area contributed by atoms with E-state index in [-0.39, 0.29) is 17.7 Å². The van der Waals surface area contributed by atoms with Crippen molar-refractivity contribution in [3.8, 4) is 5.82 Å². The first-order chi connectivity index (χ1) is 16.2. The Balaban J connectivity index is 1.21. The molecule has 1 unspecified atom stereocenters. The van der Waals surface area contributed by atoms with Crippen LogP contribution in [0.15, 0.2) is 79.3 Å². The van der Waals surface area contributed by atoms with Gasteiger partial charge in [0.1, 0.15) is 0 Å². The molecule has 3 heterocycles. The molecule has 4 aromatic rings. The molecule has 0 saturated carbocycles. The third-order valence-corrected chi connectivity index (χ3v) is 6.11. The highest BCUT2D eigenvalue weighted by molar-refractivity contribution is 6.07. The van der Waals surface area contributed by atoms with Gasteiger partial charge in [0.05, 0.1) is 5.92 Å². The maximum Gasteiger partial charge on any atom is 0.254 e. The summed E-state index contributed by atoms with van der Waals surface area (Å²) in [5.74, 6) is 0.475. The predicted molar refractivity (Wildman–Crippen MR) is 126 cm³/mol. The van der Waals surface area contributed by atoms with Crippen molar-refractivity contribution in [3.05, 3.63) is 90.4 Å². The van der Waals surface area contributed by atoms with Gasteiger partial charge < -0.3 is 10.2 Å². The van der Waals surface area contributed by atoms with Crippen molar-refractivity contribution < 1.29 is 9.59 Å². The molecule has 1 saturated heterocycles. The van der Waals surface area contributed by atoms with E-state index in [9.17, 15) is 9.59 Å². The van der Waals surface area contributed by atoms with E-state index < -0.39 is 0 Å². The van der Waals surface area contributed by atoms with E-state index in [1.807, 2.05) is 71.8 Å². The molecule has 33 heavy (non-hydrogen) atoms. The Morgan fingerprint density at radius 1 is 1.03 bits per heavy atom. The van der Waals surface area contributed by atoms with E-state index in [0.717, 1.165) is 35.0 Å². The summed E-state index contributed by atoms with van der Waals surface area (Å²) in [5, 5.41) is 9.17. The minimum absolute atomic E-state index is 0.0114. The Morgan fingerprint density at radius 3 is 2.73 bits per heavy atom. The number of piperidine rings is 1. The largest absolute Gasteiger partial charge is 0.352 e. The van der Waals surface area contributed by atoms with Crippen molar-refractivity contribution in [2.24, 2.45) is 5.92 Å². The van der Waals surface area contributed by atoms with Gasteiger partial charge in [-0.25, -0.2) is 9.67 Å². The highest BCUT2D eigenvalue weighted by Crippen LogP contribution is 2.23. The second-order valence-corrected chi connectivity index (χ2v) is 8.31. The molecule has 7 heteroatoms.